The van der Waals surface area contributed by atoms with Gasteiger partial charge in [-0.3, -0.25) is 4.90 Å². The van der Waals surface area contributed by atoms with Crippen LogP contribution in [0.2, 0.25) is 0 Å². The minimum absolute atomic E-state index is 0.415. The third kappa shape index (κ3) is 2.71. The maximum absolute atomic E-state index is 9.69. The molecule has 15 heavy (non-hydrogen) atoms. The van der Waals surface area contributed by atoms with Crippen LogP contribution in [0.15, 0.2) is 0 Å². The summed E-state index contributed by atoms with van der Waals surface area (Å²) in [6, 6.07) is 0. The van der Waals surface area contributed by atoms with Gasteiger partial charge in [-0.05, 0) is 45.3 Å². The van der Waals surface area contributed by atoms with E-state index in [-0.39, 0.29) is 0 Å². The summed E-state index contributed by atoms with van der Waals surface area (Å²) in [6.45, 7) is 9.66. The monoisotopic (exact) mass is 212 g/mol. The van der Waals surface area contributed by atoms with Crippen molar-refractivity contribution >= 4 is 0 Å². The lowest BCUT2D eigenvalue weighted by atomic mass is 9.78. The zero-order valence-electron chi connectivity index (χ0n) is 10.3. The molecule has 0 unspecified atom stereocenters. The Balaban J connectivity index is 1.79. The van der Waals surface area contributed by atoms with Crippen LogP contribution in [0.5, 0.6) is 0 Å². The van der Waals surface area contributed by atoms with E-state index in [2.05, 4.69) is 23.8 Å². The molecule has 0 saturated carbocycles. The van der Waals surface area contributed by atoms with Crippen molar-refractivity contribution in [1.29, 1.82) is 0 Å². The fourth-order valence-corrected chi connectivity index (χ4v) is 2.89. The molecule has 0 aliphatic carbocycles. The Bertz CT molecular complexity index is 224. The Morgan fingerprint density at radius 2 is 1.67 bits per heavy atom. The van der Waals surface area contributed by atoms with E-state index in [1.807, 2.05) is 6.92 Å². The Hall–Kier alpha value is -0.120. The van der Waals surface area contributed by atoms with Crippen LogP contribution in [-0.2, 0) is 0 Å². The predicted octanol–water partition coefficient (Wildman–Crippen LogP) is 0.785. The number of piperidine rings is 1. The number of nitrogens with zero attached hydrogens (tertiary/aromatic N) is 2. The summed E-state index contributed by atoms with van der Waals surface area (Å²) in [6.07, 6.45) is 2.59. The average Bonchev–Trinajstić information content (AvgIpc) is 2.08. The number of aliphatic hydroxyl groups is 1. The third-order valence-electron chi connectivity index (χ3n) is 3.93. The van der Waals surface area contributed by atoms with Gasteiger partial charge < -0.3 is 10.0 Å². The van der Waals surface area contributed by atoms with Gasteiger partial charge in [0.1, 0.15) is 0 Å². The molecule has 0 bridgehead atoms. The summed E-state index contributed by atoms with van der Waals surface area (Å²) in [5.74, 6) is 0. The van der Waals surface area contributed by atoms with Crippen molar-refractivity contribution in [2.45, 2.75) is 32.3 Å². The van der Waals surface area contributed by atoms with E-state index >= 15 is 0 Å². The molecule has 0 amide bonds. The largest absolute Gasteiger partial charge is 0.388 e. The first-order valence-corrected chi connectivity index (χ1v) is 6.02. The molecule has 2 rings (SSSR count). The molecule has 3 heteroatoms. The second kappa shape index (κ2) is 3.72. The van der Waals surface area contributed by atoms with Gasteiger partial charge in [0.15, 0.2) is 0 Å². The highest BCUT2D eigenvalue weighted by Gasteiger charge is 2.40. The lowest BCUT2D eigenvalue weighted by Gasteiger charge is -2.49. The highest BCUT2D eigenvalue weighted by Crippen LogP contribution is 2.34. The van der Waals surface area contributed by atoms with Crippen LogP contribution in [0.4, 0.5) is 0 Å². The van der Waals surface area contributed by atoms with Gasteiger partial charge in [-0.25, -0.2) is 0 Å². The number of rotatable bonds is 2. The molecule has 2 aliphatic heterocycles. The summed E-state index contributed by atoms with van der Waals surface area (Å²) in [7, 11) is 2.20. The maximum Gasteiger partial charge on any atom is 0.0872 e. The fraction of sp³-hybridized carbons (Fsp3) is 1.00. The zero-order valence-corrected chi connectivity index (χ0v) is 10.3. The summed E-state index contributed by atoms with van der Waals surface area (Å²) in [4.78, 5) is 4.80. The molecule has 88 valence electrons. The van der Waals surface area contributed by atoms with E-state index < -0.39 is 5.60 Å². The maximum atomic E-state index is 9.69. The molecule has 2 aliphatic rings. The van der Waals surface area contributed by atoms with Crippen LogP contribution >= 0.6 is 0 Å². The van der Waals surface area contributed by atoms with Gasteiger partial charge in [0, 0.05) is 19.6 Å². The van der Waals surface area contributed by atoms with Gasteiger partial charge in [0.25, 0.3) is 0 Å². The van der Waals surface area contributed by atoms with Crippen molar-refractivity contribution in [1.82, 2.24) is 9.80 Å². The van der Waals surface area contributed by atoms with E-state index in [1.54, 1.807) is 0 Å². The van der Waals surface area contributed by atoms with Crippen LogP contribution in [0.1, 0.15) is 26.7 Å². The molecule has 2 heterocycles. The average molecular weight is 212 g/mol. The highest BCUT2D eigenvalue weighted by atomic mass is 16.3. The van der Waals surface area contributed by atoms with Crippen LogP contribution < -0.4 is 0 Å². The van der Waals surface area contributed by atoms with Crippen LogP contribution in [0.25, 0.3) is 0 Å². The molecule has 0 aromatic heterocycles. The molecule has 0 radical (unpaired) electrons. The van der Waals surface area contributed by atoms with Crippen molar-refractivity contribution in [3.63, 3.8) is 0 Å². The number of β-amino-alcohol motifs (C(OH)–C–C–N with tert-alkyl or cyclic N) is 1. The van der Waals surface area contributed by atoms with E-state index in [0.29, 0.717) is 5.41 Å². The fourth-order valence-electron chi connectivity index (χ4n) is 2.89. The molecule has 0 atom stereocenters. The normalized spacial score (nSPS) is 31.2. The van der Waals surface area contributed by atoms with Crippen molar-refractivity contribution in [3.8, 4) is 0 Å². The molecule has 1 N–H and O–H groups in total. The highest BCUT2D eigenvalue weighted by molar-refractivity contribution is 4.95. The molecule has 2 fully saturated rings. The number of likely N-dealkylation sites (tertiary alicyclic amines) is 2. The summed E-state index contributed by atoms with van der Waals surface area (Å²) in [5.41, 5.74) is 0.0603. The quantitative estimate of drug-likeness (QED) is 0.733. The van der Waals surface area contributed by atoms with Gasteiger partial charge in [-0.15, -0.1) is 0 Å². The van der Waals surface area contributed by atoms with Gasteiger partial charge in [0.05, 0.1) is 5.60 Å². The summed E-state index contributed by atoms with van der Waals surface area (Å²) in [5, 5.41) is 9.69. The molecule has 0 spiro atoms. The van der Waals surface area contributed by atoms with Crippen molar-refractivity contribution in [2.24, 2.45) is 5.41 Å². The minimum Gasteiger partial charge on any atom is -0.388 e. The van der Waals surface area contributed by atoms with Crippen LogP contribution in [-0.4, -0.2) is 60.3 Å². The van der Waals surface area contributed by atoms with Crippen LogP contribution in [0, 0.1) is 5.41 Å². The van der Waals surface area contributed by atoms with Crippen molar-refractivity contribution in [3.05, 3.63) is 0 Å². The Labute approximate surface area is 93.1 Å². The van der Waals surface area contributed by atoms with Gasteiger partial charge in [-0.2, -0.15) is 0 Å². The first kappa shape index (κ1) is 11.4. The Morgan fingerprint density at radius 3 is 2.13 bits per heavy atom. The van der Waals surface area contributed by atoms with Gasteiger partial charge in [0.2, 0.25) is 0 Å². The standard InChI is InChI=1S/C12H24N2O/c1-11(4-6-13(3)7-5-11)8-14-9-12(2,15)10-14/h15H,4-10H2,1-3H3. The first-order valence-electron chi connectivity index (χ1n) is 6.02. The lowest BCUT2D eigenvalue weighted by Crippen LogP contribution is -2.62. The van der Waals surface area contributed by atoms with Gasteiger partial charge in [-0.1, -0.05) is 6.92 Å². The van der Waals surface area contributed by atoms with Gasteiger partial charge >= 0.3 is 0 Å². The zero-order chi connectivity index (χ0) is 11.1. The second-order valence-corrected chi connectivity index (χ2v) is 6.26. The van der Waals surface area contributed by atoms with Crippen molar-refractivity contribution in [2.75, 3.05) is 39.8 Å². The summed E-state index contributed by atoms with van der Waals surface area (Å²) >= 11 is 0. The van der Waals surface area contributed by atoms with Crippen molar-refractivity contribution < 1.29 is 5.11 Å². The third-order valence-corrected chi connectivity index (χ3v) is 3.93. The SMILES string of the molecule is CN1CCC(C)(CN2CC(C)(O)C2)CC1. The molecule has 3 nitrogen and oxygen atoms in total. The topological polar surface area (TPSA) is 26.7 Å². The smallest absolute Gasteiger partial charge is 0.0872 e. The molecule has 0 aromatic carbocycles. The number of hydrogen-bond donors (Lipinski definition) is 1. The number of hydrogen-bond acceptors (Lipinski definition) is 3. The van der Waals surface area contributed by atoms with E-state index in [4.69, 9.17) is 0 Å². The molecule has 2 saturated heterocycles. The van der Waals surface area contributed by atoms with Crippen LogP contribution in [0.3, 0.4) is 0 Å². The predicted molar refractivity (Wildman–Crippen MR) is 61.9 cm³/mol. The van der Waals surface area contributed by atoms with E-state index in [9.17, 15) is 5.11 Å². The second-order valence-electron chi connectivity index (χ2n) is 6.26. The Kier molecular flexibility index (Phi) is 2.82. The Morgan fingerprint density at radius 1 is 1.13 bits per heavy atom. The first-order chi connectivity index (χ1) is 6.89. The molecular formula is C12H24N2O. The lowest BCUT2D eigenvalue weighted by molar-refractivity contribution is -0.100. The van der Waals surface area contributed by atoms with E-state index in [0.717, 1.165) is 19.6 Å². The molecule has 0 aromatic rings. The molecular weight excluding hydrogens is 188 g/mol. The van der Waals surface area contributed by atoms with E-state index in [1.165, 1.54) is 25.9 Å². The summed E-state index contributed by atoms with van der Waals surface area (Å²) < 4.78 is 0. The minimum atomic E-state index is -0.415.